The van der Waals surface area contributed by atoms with E-state index in [9.17, 15) is 18.0 Å². The first-order chi connectivity index (χ1) is 9.80. The van der Waals surface area contributed by atoms with Gasteiger partial charge in [-0.3, -0.25) is 9.59 Å². The molecule has 1 amide bonds. The first-order valence-corrected chi connectivity index (χ1v) is 9.88. The normalized spacial score (nSPS) is 27.8. The summed E-state index contributed by atoms with van der Waals surface area (Å²) in [6.07, 6.45) is 2.19. The van der Waals surface area contributed by atoms with Crippen LogP contribution in [0.1, 0.15) is 19.3 Å². The van der Waals surface area contributed by atoms with Gasteiger partial charge in [-0.25, -0.2) is 8.42 Å². The highest BCUT2D eigenvalue weighted by atomic mass is 32.2. The van der Waals surface area contributed by atoms with Crippen LogP contribution in [0.3, 0.4) is 0 Å². The average molecular weight is 336 g/mol. The quantitative estimate of drug-likeness (QED) is 0.766. The second kappa shape index (κ2) is 6.53. The van der Waals surface area contributed by atoms with Crippen LogP contribution < -0.4 is 0 Å². The summed E-state index contributed by atoms with van der Waals surface area (Å²) in [6.45, 7) is 0.844. The third-order valence-corrected chi connectivity index (χ3v) is 6.22. The number of carboxylic acids is 1. The molecule has 0 radical (unpaired) electrons. The molecule has 2 heterocycles. The number of carbonyl (C=O) groups is 2. The number of sulfonamides is 1. The Morgan fingerprint density at radius 2 is 2.05 bits per heavy atom. The lowest BCUT2D eigenvalue weighted by atomic mass is 10.1. The van der Waals surface area contributed by atoms with Crippen LogP contribution in [-0.2, 0) is 19.6 Å². The molecule has 0 aromatic heterocycles. The molecule has 0 aromatic carbocycles. The van der Waals surface area contributed by atoms with Crippen molar-refractivity contribution in [1.29, 1.82) is 0 Å². The predicted molar refractivity (Wildman–Crippen MR) is 79.7 cm³/mol. The molecule has 7 nitrogen and oxygen atoms in total. The summed E-state index contributed by atoms with van der Waals surface area (Å²) < 4.78 is 24.7. The zero-order valence-electron chi connectivity index (χ0n) is 11.9. The highest BCUT2D eigenvalue weighted by molar-refractivity contribution is 7.99. The molecule has 21 heavy (non-hydrogen) atoms. The molecule has 2 saturated heterocycles. The van der Waals surface area contributed by atoms with E-state index in [1.54, 1.807) is 16.7 Å². The van der Waals surface area contributed by atoms with Gasteiger partial charge in [-0.1, -0.05) is 0 Å². The Morgan fingerprint density at radius 3 is 2.67 bits per heavy atom. The van der Waals surface area contributed by atoms with E-state index in [1.807, 2.05) is 0 Å². The van der Waals surface area contributed by atoms with Crippen molar-refractivity contribution in [3.05, 3.63) is 0 Å². The highest BCUT2D eigenvalue weighted by Gasteiger charge is 2.41. The van der Waals surface area contributed by atoms with Crippen molar-refractivity contribution in [2.45, 2.75) is 31.3 Å². The van der Waals surface area contributed by atoms with Gasteiger partial charge in [0.05, 0.1) is 18.7 Å². The number of amides is 1. The van der Waals surface area contributed by atoms with E-state index in [4.69, 9.17) is 5.11 Å². The minimum atomic E-state index is -3.41. The summed E-state index contributed by atoms with van der Waals surface area (Å²) in [7, 11) is -3.41. The topological polar surface area (TPSA) is 95.0 Å². The maximum Gasteiger partial charge on any atom is 0.305 e. The second-order valence-electron chi connectivity index (χ2n) is 5.39. The number of thioether (sulfide) groups is 1. The standard InChI is InChI=1S/C12H20N2O5S2/c1-21(18,19)14-4-2-3-10(14)12(17)13-5-6-20-8-9(13)7-11(15)16/h9-10H,2-8H2,1H3,(H,15,16). The van der Waals surface area contributed by atoms with Crippen molar-refractivity contribution >= 4 is 33.7 Å². The minimum Gasteiger partial charge on any atom is -0.481 e. The van der Waals surface area contributed by atoms with Crippen molar-refractivity contribution in [2.75, 3.05) is 30.9 Å². The van der Waals surface area contributed by atoms with Crippen LogP contribution in [0.15, 0.2) is 0 Å². The van der Waals surface area contributed by atoms with E-state index in [1.165, 1.54) is 4.31 Å². The molecule has 0 aliphatic carbocycles. The molecular formula is C12H20N2O5S2. The smallest absolute Gasteiger partial charge is 0.305 e. The number of aliphatic carboxylic acids is 1. The summed E-state index contributed by atoms with van der Waals surface area (Å²) >= 11 is 1.63. The van der Waals surface area contributed by atoms with E-state index in [0.717, 1.165) is 12.0 Å². The minimum absolute atomic E-state index is 0.0929. The Hall–Kier alpha value is -0.800. The van der Waals surface area contributed by atoms with E-state index in [0.29, 0.717) is 31.7 Å². The molecule has 2 atom stereocenters. The molecule has 2 unspecified atom stereocenters. The number of hydrogen-bond acceptors (Lipinski definition) is 5. The summed E-state index contributed by atoms with van der Waals surface area (Å²) in [6, 6.07) is -1.02. The first kappa shape index (κ1) is 16.6. The van der Waals surface area contributed by atoms with Gasteiger partial charge in [0, 0.05) is 24.6 Å². The van der Waals surface area contributed by atoms with E-state index < -0.39 is 22.0 Å². The third-order valence-electron chi connectivity index (χ3n) is 3.84. The number of carboxylic acid groups (broad SMARTS) is 1. The average Bonchev–Trinajstić information content (AvgIpc) is 2.87. The fourth-order valence-electron chi connectivity index (χ4n) is 2.89. The molecule has 2 fully saturated rings. The van der Waals surface area contributed by atoms with Crippen LogP contribution in [0.4, 0.5) is 0 Å². The van der Waals surface area contributed by atoms with Gasteiger partial charge in [0.1, 0.15) is 6.04 Å². The molecule has 2 aliphatic rings. The number of nitrogens with zero attached hydrogens (tertiary/aromatic N) is 2. The Balaban J connectivity index is 2.14. The van der Waals surface area contributed by atoms with Crippen LogP contribution in [-0.4, -0.2) is 77.5 Å². The van der Waals surface area contributed by atoms with E-state index >= 15 is 0 Å². The number of rotatable bonds is 4. The molecule has 0 bridgehead atoms. The maximum atomic E-state index is 12.7. The Morgan fingerprint density at radius 1 is 1.33 bits per heavy atom. The predicted octanol–water partition coefficient (Wildman–Crippen LogP) is -0.171. The molecule has 120 valence electrons. The number of carbonyl (C=O) groups excluding carboxylic acids is 1. The monoisotopic (exact) mass is 336 g/mol. The van der Waals surface area contributed by atoms with Gasteiger partial charge in [-0.05, 0) is 12.8 Å². The Kier molecular flexibility index (Phi) is 5.15. The van der Waals surface area contributed by atoms with Gasteiger partial charge in [0.15, 0.2) is 0 Å². The Labute approximate surface area is 128 Å². The van der Waals surface area contributed by atoms with Crippen LogP contribution in [0.5, 0.6) is 0 Å². The lowest BCUT2D eigenvalue weighted by molar-refractivity contribution is -0.141. The first-order valence-electron chi connectivity index (χ1n) is 6.87. The van der Waals surface area contributed by atoms with Crippen molar-refractivity contribution in [2.24, 2.45) is 0 Å². The Bertz CT molecular complexity index is 522. The fraction of sp³-hybridized carbons (Fsp3) is 0.833. The van der Waals surface area contributed by atoms with Gasteiger partial charge in [-0.2, -0.15) is 16.1 Å². The second-order valence-corrected chi connectivity index (χ2v) is 8.47. The zero-order valence-corrected chi connectivity index (χ0v) is 13.5. The van der Waals surface area contributed by atoms with Crippen molar-refractivity contribution in [3.8, 4) is 0 Å². The van der Waals surface area contributed by atoms with E-state index in [-0.39, 0.29) is 18.4 Å². The lowest BCUT2D eigenvalue weighted by Crippen LogP contribution is -2.54. The summed E-state index contributed by atoms with van der Waals surface area (Å²) in [5.41, 5.74) is 0. The molecular weight excluding hydrogens is 316 g/mol. The van der Waals surface area contributed by atoms with Crippen LogP contribution in [0.25, 0.3) is 0 Å². The third kappa shape index (κ3) is 3.89. The largest absolute Gasteiger partial charge is 0.481 e. The van der Waals surface area contributed by atoms with Crippen molar-refractivity contribution < 1.29 is 23.1 Å². The highest BCUT2D eigenvalue weighted by Crippen LogP contribution is 2.26. The number of hydrogen-bond donors (Lipinski definition) is 1. The van der Waals surface area contributed by atoms with Crippen LogP contribution in [0, 0.1) is 0 Å². The molecule has 0 spiro atoms. The maximum absolute atomic E-state index is 12.7. The molecule has 1 N–H and O–H groups in total. The van der Waals surface area contributed by atoms with Gasteiger partial charge < -0.3 is 10.0 Å². The SMILES string of the molecule is CS(=O)(=O)N1CCCC1C(=O)N1CCSCC1CC(=O)O. The fourth-order valence-corrected chi connectivity index (χ4v) is 5.07. The van der Waals surface area contributed by atoms with Crippen LogP contribution in [0.2, 0.25) is 0 Å². The molecule has 9 heteroatoms. The molecule has 0 aromatic rings. The molecule has 0 saturated carbocycles. The van der Waals surface area contributed by atoms with Crippen LogP contribution >= 0.6 is 11.8 Å². The van der Waals surface area contributed by atoms with E-state index in [2.05, 4.69) is 0 Å². The summed E-state index contributed by atoms with van der Waals surface area (Å²) in [4.78, 5) is 25.2. The lowest BCUT2D eigenvalue weighted by Gasteiger charge is -2.37. The summed E-state index contributed by atoms with van der Waals surface area (Å²) in [5, 5.41) is 8.96. The van der Waals surface area contributed by atoms with Gasteiger partial charge >= 0.3 is 5.97 Å². The zero-order chi connectivity index (χ0) is 15.6. The van der Waals surface area contributed by atoms with Gasteiger partial charge in [-0.15, -0.1) is 0 Å². The van der Waals surface area contributed by atoms with Gasteiger partial charge in [0.2, 0.25) is 15.9 Å². The van der Waals surface area contributed by atoms with Crippen molar-refractivity contribution in [3.63, 3.8) is 0 Å². The molecule has 2 aliphatic heterocycles. The van der Waals surface area contributed by atoms with Crippen molar-refractivity contribution in [1.82, 2.24) is 9.21 Å². The molecule has 2 rings (SSSR count). The summed E-state index contributed by atoms with van der Waals surface area (Å²) in [5.74, 6) is 0.160. The van der Waals surface area contributed by atoms with Gasteiger partial charge in [0.25, 0.3) is 0 Å².